The van der Waals surface area contributed by atoms with Crippen LogP contribution in [0.1, 0.15) is 27.3 Å². The number of aromatic nitrogens is 2. The second-order valence-electron chi connectivity index (χ2n) is 6.35. The zero-order chi connectivity index (χ0) is 18.0. The van der Waals surface area contributed by atoms with Crippen LogP contribution >= 0.6 is 0 Å². The molecule has 2 heterocycles. The summed E-state index contributed by atoms with van der Waals surface area (Å²) in [7, 11) is 3.91. The molecule has 1 unspecified atom stereocenters. The molecule has 0 aliphatic carbocycles. The Bertz CT molecular complexity index is 790. The topological polar surface area (TPSA) is 92.4 Å². The second kappa shape index (κ2) is 6.98. The molecule has 1 aliphatic heterocycles. The summed E-state index contributed by atoms with van der Waals surface area (Å²) in [6.07, 6.45) is 3.88. The zero-order valence-electron chi connectivity index (χ0n) is 14.3. The number of benzene rings is 1. The highest BCUT2D eigenvalue weighted by Crippen LogP contribution is 2.19. The fraction of sp³-hybridized carbons (Fsp3) is 0.333. The highest BCUT2D eigenvalue weighted by atomic mass is 16.2. The fourth-order valence-electron chi connectivity index (χ4n) is 3.00. The van der Waals surface area contributed by atoms with E-state index in [1.165, 1.54) is 6.20 Å². The standard InChI is InChI=1S/C18H21N5O2/c1-22-8-7-14(11-22)23(2)18(25)13-5-3-12(4-6-13)15-9-20-10-16(21-15)17(19)24/h3-6,9-10,14H,7-8,11H2,1-2H3,(H2,19,24). The highest BCUT2D eigenvalue weighted by Gasteiger charge is 2.26. The summed E-state index contributed by atoms with van der Waals surface area (Å²) in [5.74, 6) is -0.617. The third kappa shape index (κ3) is 3.66. The van der Waals surface area contributed by atoms with Crippen LogP contribution in [0.5, 0.6) is 0 Å². The van der Waals surface area contributed by atoms with Gasteiger partial charge in [-0.15, -0.1) is 0 Å². The lowest BCUT2D eigenvalue weighted by Crippen LogP contribution is -2.38. The molecule has 130 valence electrons. The predicted molar refractivity (Wildman–Crippen MR) is 94.0 cm³/mol. The van der Waals surface area contributed by atoms with E-state index in [1.807, 2.05) is 11.9 Å². The predicted octanol–water partition coefficient (Wildman–Crippen LogP) is 1.02. The Morgan fingerprint density at radius 2 is 1.96 bits per heavy atom. The molecule has 7 nitrogen and oxygen atoms in total. The first-order chi connectivity index (χ1) is 12.0. The normalized spacial score (nSPS) is 17.4. The Balaban J connectivity index is 1.77. The van der Waals surface area contributed by atoms with Crippen molar-refractivity contribution in [1.29, 1.82) is 0 Å². The number of amides is 2. The molecule has 1 aromatic carbocycles. The number of hydrogen-bond donors (Lipinski definition) is 1. The summed E-state index contributed by atoms with van der Waals surface area (Å²) >= 11 is 0. The number of carbonyl (C=O) groups excluding carboxylic acids is 2. The number of primary amides is 1. The number of nitrogens with zero attached hydrogens (tertiary/aromatic N) is 4. The van der Waals surface area contributed by atoms with E-state index in [-0.39, 0.29) is 17.6 Å². The minimum atomic E-state index is -0.621. The molecule has 2 amide bonds. The lowest BCUT2D eigenvalue weighted by atomic mass is 10.1. The molecule has 1 atom stereocenters. The van der Waals surface area contributed by atoms with Crippen LogP contribution in [0.3, 0.4) is 0 Å². The van der Waals surface area contributed by atoms with Gasteiger partial charge in [-0.1, -0.05) is 12.1 Å². The van der Waals surface area contributed by atoms with Crippen LogP contribution in [0.15, 0.2) is 36.7 Å². The van der Waals surface area contributed by atoms with Crippen LogP contribution in [0, 0.1) is 0 Å². The number of carbonyl (C=O) groups is 2. The van der Waals surface area contributed by atoms with E-state index < -0.39 is 5.91 Å². The van der Waals surface area contributed by atoms with Crippen LogP contribution < -0.4 is 5.73 Å². The molecule has 3 rings (SSSR count). The Labute approximate surface area is 146 Å². The molecule has 2 aromatic rings. The Morgan fingerprint density at radius 1 is 1.24 bits per heavy atom. The van der Waals surface area contributed by atoms with Crippen molar-refractivity contribution >= 4 is 11.8 Å². The fourth-order valence-corrected chi connectivity index (χ4v) is 3.00. The molecule has 0 radical (unpaired) electrons. The summed E-state index contributed by atoms with van der Waals surface area (Å²) in [4.78, 5) is 36.1. The summed E-state index contributed by atoms with van der Waals surface area (Å²) in [5, 5.41) is 0. The minimum Gasteiger partial charge on any atom is -0.364 e. The largest absolute Gasteiger partial charge is 0.364 e. The molecular formula is C18H21N5O2. The minimum absolute atomic E-state index is 0.00354. The van der Waals surface area contributed by atoms with E-state index in [0.29, 0.717) is 11.3 Å². The first-order valence-corrected chi connectivity index (χ1v) is 8.13. The average molecular weight is 339 g/mol. The van der Waals surface area contributed by atoms with E-state index >= 15 is 0 Å². The van der Waals surface area contributed by atoms with E-state index in [4.69, 9.17) is 5.73 Å². The molecule has 1 saturated heterocycles. The number of nitrogens with two attached hydrogens (primary N) is 1. The summed E-state index contributed by atoms with van der Waals surface area (Å²) in [6, 6.07) is 7.39. The van der Waals surface area contributed by atoms with E-state index in [0.717, 1.165) is 25.1 Å². The van der Waals surface area contributed by atoms with Crippen molar-refractivity contribution < 1.29 is 9.59 Å². The van der Waals surface area contributed by atoms with Crippen LogP contribution in [0.25, 0.3) is 11.3 Å². The number of hydrogen-bond acceptors (Lipinski definition) is 5. The van der Waals surface area contributed by atoms with Crippen molar-refractivity contribution in [1.82, 2.24) is 19.8 Å². The third-order valence-electron chi connectivity index (χ3n) is 4.55. The van der Waals surface area contributed by atoms with Crippen molar-refractivity contribution in [2.24, 2.45) is 5.73 Å². The maximum Gasteiger partial charge on any atom is 0.268 e. The van der Waals surface area contributed by atoms with Crippen molar-refractivity contribution in [2.75, 3.05) is 27.2 Å². The van der Waals surface area contributed by atoms with E-state index in [2.05, 4.69) is 21.9 Å². The molecule has 0 bridgehead atoms. The number of likely N-dealkylation sites (N-methyl/N-ethyl adjacent to an activating group) is 2. The quantitative estimate of drug-likeness (QED) is 0.898. The second-order valence-corrected chi connectivity index (χ2v) is 6.35. The molecule has 7 heteroatoms. The first kappa shape index (κ1) is 17.0. The molecular weight excluding hydrogens is 318 g/mol. The van der Waals surface area contributed by atoms with E-state index in [9.17, 15) is 9.59 Å². The molecule has 0 spiro atoms. The maximum absolute atomic E-state index is 12.6. The lowest BCUT2D eigenvalue weighted by molar-refractivity contribution is 0.0737. The van der Waals surface area contributed by atoms with Crippen molar-refractivity contribution in [2.45, 2.75) is 12.5 Å². The number of rotatable bonds is 4. The van der Waals surface area contributed by atoms with Gasteiger partial charge < -0.3 is 15.5 Å². The molecule has 1 aromatic heterocycles. The maximum atomic E-state index is 12.6. The Morgan fingerprint density at radius 3 is 2.56 bits per heavy atom. The van der Waals surface area contributed by atoms with Gasteiger partial charge >= 0.3 is 0 Å². The van der Waals surface area contributed by atoms with Gasteiger partial charge in [-0.3, -0.25) is 14.6 Å². The third-order valence-corrected chi connectivity index (χ3v) is 4.55. The van der Waals surface area contributed by atoms with Crippen LogP contribution in [0.2, 0.25) is 0 Å². The van der Waals surface area contributed by atoms with Gasteiger partial charge in [0.15, 0.2) is 0 Å². The molecule has 25 heavy (non-hydrogen) atoms. The van der Waals surface area contributed by atoms with E-state index in [1.54, 1.807) is 30.5 Å². The van der Waals surface area contributed by atoms with Gasteiger partial charge in [0.2, 0.25) is 0 Å². The van der Waals surface area contributed by atoms with Gasteiger partial charge in [0.05, 0.1) is 18.1 Å². The SMILES string of the molecule is CN1CCC(N(C)C(=O)c2ccc(-c3cncc(C(N)=O)n3)cc2)C1. The summed E-state index contributed by atoms with van der Waals surface area (Å²) in [6.45, 7) is 1.91. The number of likely N-dealkylation sites (tertiary alicyclic amines) is 1. The van der Waals surface area contributed by atoms with Crippen LogP contribution in [0.4, 0.5) is 0 Å². The van der Waals surface area contributed by atoms with Crippen LogP contribution in [-0.4, -0.2) is 64.8 Å². The molecule has 2 N–H and O–H groups in total. The molecule has 1 aliphatic rings. The smallest absolute Gasteiger partial charge is 0.268 e. The first-order valence-electron chi connectivity index (χ1n) is 8.13. The monoisotopic (exact) mass is 339 g/mol. The summed E-state index contributed by atoms with van der Waals surface area (Å²) in [5.41, 5.74) is 7.29. The van der Waals surface area contributed by atoms with Gasteiger partial charge in [-0.05, 0) is 32.1 Å². The van der Waals surface area contributed by atoms with Gasteiger partial charge in [0, 0.05) is 30.8 Å². The van der Waals surface area contributed by atoms with Crippen molar-refractivity contribution in [3.63, 3.8) is 0 Å². The molecule has 0 saturated carbocycles. The van der Waals surface area contributed by atoms with Gasteiger partial charge in [0.1, 0.15) is 5.69 Å². The van der Waals surface area contributed by atoms with Crippen molar-refractivity contribution in [3.8, 4) is 11.3 Å². The Kier molecular flexibility index (Phi) is 4.76. The Hall–Kier alpha value is -2.80. The van der Waals surface area contributed by atoms with Gasteiger partial charge in [-0.2, -0.15) is 0 Å². The zero-order valence-corrected chi connectivity index (χ0v) is 14.3. The van der Waals surface area contributed by atoms with Crippen molar-refractivity contribution in [3.05, 3.63) is 47.9 Å². The lowest BCUT2D eigenvalue weighted by Gasteiger charge is -2.24. The highest BCUT2D eigenvalue weighted by molar-refractivity contribution is 5.95. The summed E-state index contributed by atoms with van der Waals surface area (Å²) < 4.78 is 0. The average Bonchev–Trinajstić information content (AvgIpc) is 3.07. The van der Waals surface area contributed by atoms with Gasteiger partial charge in [-0.25, -0.2) is 4.98 Å². The van der Waals surface area contributed by atoms with Crippen LogP contribution in [-0.2, 0) is 0 Å². The van der Waals surface area contributed by atoms with Gasteiger partial charge in [0.25, 0.3) is 11.8 Å². The molecule has 1 fully saturated rings.